The predicted molar refractivity (Wildman–Crippen MR) is 139 cm³/mol. The van der Waals surface area contributed by atoms with Gasteiger partial charge >= 0.3 is 6.09 Å². The molecule has 0 unspecified atom stereocenters. The first-order chi connectivity index (χ1) is 17.2. The molecule has 0 aliphatic rings. The average molecular weight is 488 g/mol. The first-order valence-electron chi connectivity index (χ1n) is 12.1. The Labute approximate surface area is 212 Å². The van der Waals surface area contributed by atoms with Crippen LogP contribution in [0, 0.1) is 6.92 Å². The normalized spacial score (nSPS) is 13.4. The molecule has 4 rings (SSSR count). The van der Waals surface area contributed by atoms with Crippen molar-refractivity contribution in [2.24, 2.45) is 0 Å². The summed E-state index contributed by atoms with van der Waals surface area (Å²) in [4.78, 5) is 18.8. The van der Waals surface area contributed by atoms with Crippen LogP contribution in [0.3, 0.4) is 0 Å². The molecule has 0 saturated carbocycles. The van der Waals surface area contributed by atoms with Crippen LogP contribution in [0.25, 0.3) is 10.8 Å². The van der Waals surface area contributed by atoms with E-state index in [1.165, 1.54) is 0 Å². The van der Waals surface area contributed by atoms with Gasteiger partial charge in [-0.15, -0.1) is 0 Å². The highest BCUT2D eigenvalue weighted by Crippen LogP contribution is 2.37. The maximum absolute atomic E-state index is 12.9. The fraction of sp³-hybridized carbons (Fsp3) is 0.345. The Morgan fingerprint density at radius 3 is 2.33 bits per heavy atom. The molecule has 0 radical (unpaired) electrons. The van der Waals surface area contributed by atoms with Gasteiger partial charge in [-0.2, -0.15) is 4.98 Å². The summed E-state index contributed by atoms with van der Waals surface area (Å²) >= 11 is 0. The summed E-state index contributed by atoms with van der Waals surface area (Å²) in [6.45, 7) is 7.90. The summed E-state index contributed by atoms with van der Waals surface area (Å²) in [5, 5.41) is 6.15. The lowest BCUT2D eigenvalue weighted by molar-refractivity contribution is -0.00511. The molecule has 1 heterocycles. The van der Waals surface area contributed by atoms with E-state index in [0.29, 0.717) is 18.3 Å². The van der Waals surface area contributed by atoms with Gasteiger partial charge < -0.3 is 18.9 Å². The molecule has 2 atom stereocenters. The standard InChI is InChI=1S/C29H33N3O4/c1-20-30-26(36-31-20)19-34-27(22-12-7-6-8-13-22)25(18-32(5)28(33)35-29(2,3)4)24-16-15-21-11-9-10-14-23(21)17-24/h6-17,25,27H,18-19H2,1-5H3/t25-,27-/m1/s1. The molecule has 4 aromatic rings. The van der Waals surface area contributed by atoms with Gasteiger partial charge in [0, 0.05) is 19.5 Å². The van der Waals surface area contributed by atoms with Crippen LogP contribution >= 0.6 is 0 Å². The molecule has 188 valence electrons. The molecule has 36 heavy (non-hydrogen) atoms. The van der Waals surface area contributed by atoms with Gasteiger partial charge in [0.05, 0.1) is 6.10 Å². The lowest BCUT2D eigenvalue weighted by atomic mass is 9.87. The first-order valence-corrected chi connectivity index (χ1v) is 12.1. The van der Waals surface area contributed by atoms with E-state index in [9.17, 15) is 4.79 Å². The third-order valence-corrected chi connectivity index (χ3v) is 5.83. The number of amides is 1. The van der Waals surface area contributed by atoms with E-state index in [-0.39, 0.29) is 24.7 Å². The van der Waals surface area contributed by atoms with E-state index < -0.39 is 5.60 Å². The highest BCUT2D eigenvalue weighted by Gasteiger charge is 2.30. The summed E-state index contributed by atoms with van der Waals surface area (Å²) in [5.41, 5.74) is 1.46. The monoisotopic (exact) mass is 487 g/mol. The highest BCUT2D eigenvalue weighted by atomic mass is 16.6. The Hall–Kier alpha value is -3.71. The van der Waals surface area contributed by atoms with Gasteiger partial charge in [0.2, 0.25) is 0 Å². The number of carbonyl (C=O) groups excluding carboxylic acids is 1. The maximum Gasteiger partial charge on any atom is 0.410 e. The van der Waals surface area contributed by atoms with E-state index in [0.717, 1.165) is 21.9 Å². The number of rotatable bonds is 8. The highest BCUT2D eigenvalue weighted by molar-refractivity contribution is 5.83. The number of likely N-dealkylation sites (N-methyl/N-ethyl adjacent to an activating group) is 1. The minimum atomic E-state index is -0.588. The third-order valence-electron chi connectivity index (χ3n) is 5.83. The van der Waals surface area contributed by atoms with Crippen molar-refractivity contribution in [3.63, 3.8) is 0 Å². The van der Waals surface area contributed by atoms with Gasteiger partial charge in [-0.1, -0.05) is 78.0 Å². The van der Waals surface area contributed by atoms with Crippen molar-refractivity contribution < 1.29 is 18.8 Å². The number of ether oxygens (including phenoxy) is 2. The van der Waals surface area contributed by atoms with Gasteiger partial charge in [0.25, 0.3) is 5.89 Å². The smallest absolute Gasteiger partial charge is 0.410 e. The zero-order valence-corrected chi connectivity index (χ0v) is 21.5. The van der Waals surface area contributed by atoms with Gasteiger partial charge in [-0.25, -0.2) is 4.79 Å². The Kier molecular flexibility index (Phi) is 7.70. The Morgan fingerprint density at radius 2 is 1.67 bits per heavy atom. The molecule has 3 aromatic carbocycles. The summed E-state index contributed by atoms with van der Waals surface area (Å²) in [6.07, 6.45) is -0.767. The number of aromatic nitrogens is 2. The average Bonchev–Trinajstić information content (AvgIpc) is 3.27. The molecule has 1 amide bonds. The summed E-state index contributed by atoms with van der Waals surface area (Å²) in [7, 11) is 1.76. The van der Waals surface area contributed by atoms with Crippen molar-refractivity contribution in [3.8, 4) is 0 Å². The molecule has 0 fully saturated rings. The quantitative estimate of drug-likeness (QED) is 0.285. The molecular weight excluding hydrogens is 454 g/mol. The zero-order chi connectivity index (χ0) is 25.7. The molecule has 0 aliphatic carbocycles. The second-order valence-electron chi connectivity index (χ2n) is 9.95. The summed E-state index contributed by atoms with van der Waals surface area (Å²) in [5.74, 6) is 0.769. The molecule has 0 N–H and O–H groups in total. The van der Waals surface area contributed by atoms with Crippen LogP contribution in [0.5, 0.6) is 0 Å². The van der Waals surface area contributed by atoms with Crippen LogP contribution in [-0.4, -0.2) is 40.3 Å². The molecular formula is C29H33N3O4. The molecule has 0 saturated heterocycles. The first kappa shape index (κ1) is 25.4. The lowest BCUT2D eigenvalue weighted by Crippen LogP contribution is -2.38. The van der Waals surface area contributed by atoms with Crippen molar-refractivity contribution in [1.29, 1.82) is 0 Å². The SMILES string of the molecule is Cc1noc(CO[C@H](c2ccccc2)[C@H](CN(C)C(=O)OC(C)(C)C)c2ccc3ccccc3c2)n1. The number of carbonyl (C=O) groups is 1. The van der Waals surface area contributed by atoms with Crippen LogP contribution in [0.4, 0.5) is 4.79 Å². The summed E-state index contributed by atoms with van der Waals surface area (Å²) in [6, 6.07) is 24.6. The fourth-order valence-electron chi connectivity index (χ4n) is 4.17. The number of hydrogen-bond donors (Lipinski definition) is 0. The minimum Gasteiger partial charge on any atom is -0.444 e. The maximum atomic E-state index is 12.9. The van der Waals surface area contributed by atoms with Crippen molar-refractivity contribution >= 4 is 16.9 Å². The van der Waals surface area contributed by atoms with Crippen LogP contribution < -0.4 is 0 Å². The van der Waals surface area contributed by atoms with E-state index >= 15 is 0 Å². The third kappa shape index (κ3) is 6.49. The fourth-order valence-corrected chi connectivity index (χ4v) is 4.17. The van der Waals surface area contributed by atoms with Crippen LogP contribution in [0.1, 0.15) is 55.6 Å². The number of hydrogen-bond acceptors (Lipinski definition) is 6. The number of nitrogens with zero attached hydrogens (tertiary/aromatic N) is 3. The lowest BCUT2D eigenvalue weighted by Gasteiger charge is -2.32. The molecule has 0 bridgehead atoms. The predicted octanol–water partition coefficient (Wildman–Crippen LogP) is 6.44. The molecule has 1 aromatic heterocycles. The van der Waals surface area contributed by atoms with Gasteiger partial charge in [-0.05, 0) is 49.6 Å². The molecule has 7 nitrogen and oxygen atoms in total. The topological polar surface area (TPSA) is 77.7 Å². The zero-order valence-electron chi connectivity index (χ0n) is 21.5. The van der Waals surface area contributed by atoms with Crippen molar-refractivity contribution in [2.45, 2.75) is 51.9 Å². The van der Waals surface area contributed by atoms with Crippen molar-refractivity contribution in [3.05, 3.63) is 95.6 Å². The van der Waals surface area contributed by atoms with Gasteiger partial charge in [0.15, 0.2) is 5.82 Å². The largest absolute Gasteiger partial charge is 0.444 e. The summed E-state index contributed by atoms with van der Waals surface area (Å²) < 4.78 is 17.4. The van der Waals surface area contributed by atoms with E-state index in [1.54, 1.807) is 18.9 Å². The second-order valence-corrected chi connectivity index (χ2v) is 9.95. The van der Waals surface area contributed by atoms with Crippen LogP contribution in [-0.2, 0) is 16.1 Å². The van der Waals surface area contributed by atoms with Crippen molar-refractivity contribution in [2.75, 3.05) is 13.6 Å². The van der Waals surface area contributed by atoms with Crippen LogP contribution in [0.15, 0.2) is 77.3 Å². The van der Waals surface area contributed by atoms with E-state index in [2.05, 4.69) is 40.5 Å². The second kappa shape index (κ2) is 10.9. The molecule has 0 spiro atoms. The Morgan fingerprint density at radius 1 is 0.972 bits per heavy atom. The van der Waals surface area contributed by atoms with Gasteiger partial charge in [-0.3, -0.25) is 0 Å². The van der Waals surface area contributed by atoms with Crippen molar-refractivity contribution in [1.82, 2.24) is 15.0 Å². The number of benzene rings is 3. The van der Waals surface area contributed by atoms with Crippen LogP contribution in [0.2, 0.25) is 0 Å². The molecule has 0 aliphatic heterocycles. The van der Waals surface area contributed by atoms with E-state index in [1.807, 2.05) is 63.2 Å². The minimum absolute atomic E-state index is 0.153. The number of fused-ring (bicyclic) bond motifs is 1. The van der Waals surface area contributed by atoms with E-state index in [4.69, 9.17) is 14.0 Å². The Bertz CT molecular complexity index is 1300. The Balaban J connectivity index is 1.72. The number of aryl methyl sites for hydroxylation is 1. The molecule has 7 heteroatoms. The van der Waals surface area contributed by atoms with Gasteiger partial charge in [0.1, 0.15) is 12.2 Å².